The molecule has 0 aliphatic rings. The lowest BCUT2D eigenvalue weighted by Crippen LogP contribution is -2.43. The molecule has 1 aromatic rings. The Hall–Kier alpha value is -1.01. The second-order valence-corrected chi connectivity index (χ2v) is 4.17. The van der Waals surface area contributed by atoms with Gasteiger partial charge in [-0.3, -0.25) is 4.79 Å². The molecule has 0 saturated carbocycles. The van der Waals surface area contributed by atoms with E-state index >= 15 is 0 Å². The van der Waals surface area contributed by atoms with Crippen LogP contribution in [0.15, 0.2) is 18.2 Å². The Morgan fingerprint density at radius 1 is 1.47 bits per heavy atom. The van der Waals surface area contributed by atoms with Crippen molar-refractivity contribution in [2.75, 3.05) is 20.8 Å². The van der Waals surface area contributed by atoms with E-state index in [0.29, 0.717) is 17.3 Å². The molecule has 0 aromatic heterocycles. The molecule has 108 valence electrons. The minimum atomic E-state index is -0.673. The molecule has 0 bridgehead atoms. The van der Waals surface area contributed by atoms with Crippen LogP contribution in [0, 0.1) is 0 Å². The Morgan fingerprint density at radius 2 is 2.16 bits per heavy atom. The largest absolute Gasteiger partial charge is 0.496 e. The number of benzene rings is 1. The lowest BCUT2D eigenvalue weighted by molar-refractivity contribution is -0.123. The molecule has 0 fully saturated rings. The summed E-state index contributed by atoms with van der Waals surface area (Å²) in [4.78, 5) is 11.6. The van der Waals surface area contributed by atoms with E-state index < -0.39 is 6.04 Å². The van der Waals surface area contributed by atoms with Gasteiger partial charge in [-0.15, -0.1) is 12.4 Å². The summed E-state index contributed by atoms with van der Waals surface area (Å²) in [5.74, 6) is 0.358. The van der Waals surface area contributed by atoms with E-state index in [4.69, 9.17) is 26.8 Å². The number of carbonyl (C=O) groups excluding carboxylic acids is 1. The highest BCUT2D eigenvalue weighted by atomic mass is 35.5. The average molecular weight is 309 g/mol. The SMILES string of the molecule is COCC(N)C(=O)NCc1ccc(Cl)cc1OC.Cl. The number of methoxy groups -OCH3 is 2. The van der Waals surface area contributed by atoms with Gasteiger partial charge in [0.05, 0.1) is 13.7 Å². The van der Waals surface area contributed by atoms with Crippen LogP contribution in [0.3, 0.4) is 0 Å². The normalized spacial score (nSPS) is 11.4. The Balaban J connectivity index is 0.00000324. The van der Waals surface area contributed by atoms with Crippen LogP contribution < -0.4 is 15.8 Å². The van der Waals surface area contributed by atoms with Gasteiger partial charge >= 0.3 is 0 Å². The first-order valence-corrected chi connectivity index (χ1v) is 5.81. The topological polar surface area (TPSA) is 73.6 Å². The number of ether oxygens (including phenoxy) is 2. The first kappa shape index (κ1) is 18.0. The fourth-order valence-electron chi connectivity index (χ4n) is 1.43. The highest BCUT2D eigenvalue weighted by Crippen LogP contribution is 2.22. The summed E-state index contributed by atoms with van der Waals surface area (Å²) in [5, 5.41) is 3.29. The van der Waals surface area contributed by atoms with Gasteiger partial charge < -0.3 is 20.5 Å². The van der Waals surface area contributed by atoms with Gasteiger partial charge in [-0.25, -0.2) is 0 Å². The van der Waals surface area contributed by atoms with Crippen LogP contribution in [0.5, 0.6) is 5.75 Å². The molecular formula is C12H18Cl2N2O3. The number of nitrogens with one attached hydrogen (secondary N) is 1. The van der Waals surface area contributed by atoms with Gasteiger partial charge in [-0.2, -0.15) is 0 Å². The molecule has 0 radical (unpaired) electrons. The van der Waals surface area contributed by atoms with E-state index in [1.807, 2.05) is 0 Å². The molecule has 1 rings (SSSR count). The summed E-state index contributed by atoms with van der Waals surface area (Å²) < 4.78 is 9.98. The van der Waals surface area contributed by atoms with Crippen molar-refractivity contribution in [3.8, 4) is 5.75 Å². The van der Waals surface area contributed by atoms with Gasteiger partial charge in [0.1, 0.15) is 11.8 Å². The predicted octanol–water partition coefficient (Wildman–Crippen LogP) is 1.36. The monoisotopic (exact) mass is 308 g/mol. The van der Waals surface area contributed by atoms with E-state index in [1.54, 1.807) is 25.3 Å². The molecule has 1 amide bonds. The summed E-state index contributed by atoms with van der Waals surface area (Å²) in [6.07, 6.45) is 0. The molecule has 3 N–H and O–H groups in total. The first-order chi connectivity index (χ1) is 8.58. The van der Waals surface area contributed by atoms with Gasteiger partial charge in [-0.1, -0.05) is 17.7 Å². The van der Waals surface area contributed by atoms with E-state index in [-0.39, 0.29) is 24.9 Å². The fraction of sp³-hybridized carbons (Fsp3) is 0.417. The van der Waals surface area contributed by atoms with Crippen LogP contribution >= 0.6 is 24.0 Å². The summed E-state index contributed by atoms with van der Waals surface area (Å²) in [7, 11) is 3.04. The van der Waals surface area contributed by atoms with Crippen molar-refractivity contribution in [3.05, 3.63) is 28.8 Å². The Bertz CT molecular complexity index is 416. The number of halogens is 2. The lowest BCUT2D eigenvalue weighted by Gasteiger charge is -2.13. The number of hydrogen-bond donors (Lipinski definition) is 2. The average Bonchev–Trinajstić information content (AvgIpc) is 2.37. The van der Waals surface area contributed by atoms with Gasteiger partial charge in [-0.05, 0) is 12.1 Å². The molecule has 0 aliphatic carbocycles. The van der Waals surface area contributed by atoms with Crippen molar-refractivity contribution in [3.63, 3.8) is 0 Å². The number of nitrogens with two attached hydrogens (primary N) is 1. The van der Waals surface area contributed by atoms with Crippen LogP contribution in [0.1, 0.15) is 5.56 Å². The summed E-state index contributed by atoms with van der Waals surface area (Å²) in [6, 6.07) is 4.55. The van der Waals surface area contributed by atoms with E-state index in [2.05, 4.69) is 5.32 Å². The molecule has 19 heavy (non-hydrogen) atoms. The molecule has 0 spiro atoms. The van der Waals surface area contributed by atoms with Crippen molar-refractivity contribution in [1.29, 1.82) is 0 Å². The Labute approximate surface area is 123 Å². The lowest BCUT2D eigenvalue weighted by atomic mass is 10.2. The van der Waals surface area contributed by atoms with Crippen molar-refractivity contribution >= 4 is 29.9 Å². The minimum absolute atomic E-state index is 0. The smallest absolute Gasteiger partial charge is 0.239 e. The summed E-state index contributed by atoms with van der Waals surface area (Å²) >= 11 is 5.85. The van der Waals surface area contributed by atoms with Crippen LogP contribution in [0.4, 0.5) is 0 Å². The van der Waals surface area contributed by atoms with Crippen molar-refractivity contribution in [2.45, 2.75) is 12.6 Å². The van der Waals surface area contributed by atoms with Crippen LogP contribution in [0.25, 0.3) is 0 Å². The molecule has 5 nitrogen and oxygen atoms in total. The van der Waals surface area contributed by atoms with Crippen LogP contribution in [-0.2, 0) is 16.1 Å². The summed E-state index contributed by atoms with van der Waals surface area (Å²) in [6.45, 7) is 0.514. The highest BCUT2D eigenvalue weighted by molar-refractivity contribution is 6.30. The highest BCUT2D eigenvalue weighted by Gasteiger charge is 2.13. The third-order valence-electron chi connectivity index (χ3n) is 2.39. The maximum atomic E-state index is 11.6. The van der Waals surface area contributed by atoms with Crippen molar-refractivity contribution < 1.29 is 14.3 Å². The maximum absolute atomic E-state index is 11.6. The van der Waals surface area contributed by atoms with Gasteiger partial charge in [0, 0.05) is 24.2 Å². The van der Waals surface area contributed by atoms with Gasteiger partial charge in [0.2, 0.25) is 5.91 Å². The van der Waals surface area contributed by atoms with Crippen molar-refractivity contribution in [2.24, 2.45) is 5.73 Å². The second-order valence-electron chi connectivity index (χ2n) is 3.74. The van der Waals surface area contributed by atoms with Gasteiger partial charge in [0.25, 0.3) is 0 Å². The standard InChI is InChI=1S/C12H17ClN2O3.ClH/c1-17-7-10(14)12(16)15-6-8-3-4-9(13)5-11(8)18-2;/h3-5,10H,6-7,14H2,1-2H3,(H,15,16);1H. The van der Waals surface area contributed by atoms with E-state index in [1.165, 1.54) is 7.11 Å². The Morgan fingerprint density at radius 3 is 2.74 bits per heavy atom. The molecule has 1 unspecified atom stereocenters. The first-order valence-electron chi connectivity index (χ1n) is 5.43. The molecule has 0 saturated heterocycles. The zero-order valence-corrected chi connectivity index (χ0v) is 12.4. The van der Waals surface area contributed by atoms with E-state index in [0.717, 1.165) is 5.56 Å². The van der Waals surface area contributed by atoms with Crippen LogP contribution in [0.2, 0.25) is 5.02 Å². The van der Waals surface area contributed by atoms with Crippen LogP contribution in [-0.4, -0.2) is 32.8 Å². The molecule has 0 heterocycles. The number of carbonyl (C=O) groups is 1. The fourth-order valence-corrected chi connectivity index (χ4v) is 1.60. The summed E-state index contributed by atoms with van der Waals surface area (Å²) in [5.41, 5.74) is 6.43. The molecule has 7 heteroatoms. The molecule has 1 aromatic carbocycles. The Kier molecular flexibility index (Phi) is 8.51. The number of hydrogen-bond acceptors (Lipinski definition) is 4. The van der Waals surface area contributed by atoms with E-state index in [9.17, 15) is 4.79 Å². The third-order valence-corrected chi connectivity index (χ3v) is 2.62. The quantitative estimate of drug-likeness (QED) is 0.832. The number of rotatable bonds is 6. The third kappa shape index (κ3) is 5.65. The second kappa shape index (κ2) is 8.98. The number of amides is 1. The van der Waals surface area contributed by atoms with Gasteiger partial charge in [0.15, 0.2) is 0 Å². The zero-order valence-electron chi connectivity index (χ0n) is 10.8. The predicted molar refractivity (Wildman–Crippen MR) is 77.0 cm³/mol. The molecule has 1 atom stereocenters. The zero-order chi connectivity index (χ0) is 13.5. The minimum Gasteiger partial charge on any atom is -0.496 e. The van der Waals surface area contributed by atoms with Crippen molar-refractivity contribution in [1.82, 2.24) is 5.32 Å². The molecule has 0 aliphatic heterocycles. The maximum Gasteiger partial charge on any atom is 0.239 e. The molecular weight excluding hydrogens is 291 g/mol.